The molecule has 0 aliphatic carbocycles. The Morgan fingerprint density at radius 3 is 2.83 bits per heavy atom. The zero-order valence-corrected chi connectivity index (χ0v) is 7.85. The van der Waals surface area contributed by atoms with Crippen molar-refractivity contribution in [3.05, 3.63) is 24.3 Å². The van der Waals surface area contributed by atoms with Gasteiger partial charge in [-0.05, 0) is 28.7 Å². The molecule has 1 N–H and O–H groups in total. The molecule has 1 aliphatic heterocycles. The standard InChI is InChI=1S/C8H11NO2S/c1-10-7-4-3-5-8(6-7)12(2)9-11-12/h3-6,9H,1-2H3. The largest absolute Gasteiger partial charge is 0.497 e. The van der Waals surface area contributed by atoms with E-state index in [0.29, 0.717) is 0 Å². The van der Waals surface area contributed by atoms with E-state index in [4.69, 9.17) is 9.02 Å². The lowest BCUT2D eigenvalue weighted by Crippen LogP contribution is -1.86. The van der Waals surface area contributed by atoms with Gasteiger partial charge in [0, 0.05) is 11.2 Å². The fraction of sp³-hybridized carbons (Fsp3) is 0.250. The lowest BCUT2D eigenvalue weighted by molar-refractivity contribution is 0.413. The summed E-state index contributed by atoms with van der Waals surface area (Å²) in [5.74, 6) is 0.874. The third-order valence-electron chi connectivity index (χ3n) is 1.82. The zero-order valence-electron chi connectivity index (χ0n) is 7.03. The molecule has 1 aromatic carbocycles. The molecule has 0 amide bonds. The fourth-order valence-corrected chi connectivity index (χ4v) is 2.27. The molecule has 2 rings (SSSR count). The predicted molar refractivity (Wildman–Crippen MR) is 49.0 cm³/mol. The Hall–Kier alpha value is -0.710. The number of hydrogen-bond donors (Lipinski definition) is 1. The van der Waals surface area contributed by atoms with E-state index in [1.54, 1.807) is 7.11 Å². The minimum Gasteiger partial charge on any atom is -0.497 e. The first-order valence-corrected chi connectivity index (χ1v) is 5.59. The van der Waals surface area contributed by atoms with E-state index in [9.17, 15) is 0 Å². The highest BCUT2D eigenvalue weighted by molar-refractivity contribution is 8.31. The first-order valence-electron chi connectivity index (χ1n) is 3.62. The number of rotatable bonds is 2. The van der Waals surface area contributed by atoms with Crippen molar-refractivity contribution in [1.82, 2.24) is 4.89 Å². The van der Waals surface area contributed by atoms with Crippen molar-refractivity contribution in [3.63, 3.8) is 0 Å². The minimum atomic E-state index is -1.12. The van der Waals surface area contributed by atoms with E-state index in [-0.39, 0.29) is 0 Å². The molecule has 1 heterocycles. The maximum atomic E-state index is 5.16. The van der Waals surface area contributed by atoms with Crippen molar-refractivity contribution < 1.29 is 9.02 Å². The van der Waals surface area contributed by atoms with Crippen LogP contribution >= 0.6 is 10.5 Å². The van der Waals surface area contributed by atoms with Crippen LogP contribution in [0.2, 0.25) is 0 Å². The summed E-state index contributed by atoms with van der Waals surface area (Å²) in [6, 6.07) is 7.93. The quantitative estimate of drug-likeness (QED) is 0.715. The third kappa shape index (κ3) is 1.29. The summed E-state index contributed by atoms with van der Waals surface area (Å²) in [6.07, 6.45) is 2.06. The van der Waals surface area contributed by atoms with Gasteiger partial charge in [0.25, 0.3) is 0 Å². The zero-order chi connectivity index (χ0) is 8.60. The van der Waals surface area contributed by atoms with E-state index in [1.165, 1.54) is 4.90 Å². The van der Waals surface area contributed by atoms with Gasteiger partial charge in [0.2, 0.25) is 0 Å². The second kappa shape index (κ2) is 2.65. The van der Waals surface area contributed by atoms with Gasteiger partial charge in [-0.2, -0.15) is 0 Å². The molecule has 1 aliphatic rings. The lowest BCUT2D eigenvalue weighted by atomic mass is 10.3. The second-order valence-corrected chi connectivity index (χ2v) is 5.18. The van der Waals surface area contributed by atoms with E-state index in [1.807, 2.05) is 24.3 Å². The van der Waals surface area contributed by atoms with Crippen LogP contribution in [0, 0.1) is 0 Å². The number of methoxy groups -OCH3 is 1. The SMILES string of the molecule is COc1cccc(S2(C)NO2)c1. The molecule has 1 unspecified atom stereocenters. The molecule has 0 aromatic heterocycles. The Labute approximate surface area is 73.3 Å². The summed E-state index contributed by atoms with van der Waals surface area (Å²) in [5.41, 5.74) is 0. The summed E-state index contributed by atoms with van der Waals surface area (Å²) in [4.78, 5) is 4.07. The summed E-state index contributed by atoms with van der Waals surface area (Å²) < 4.78 is 10.3. The maximum absolute atomic E-state index is 5.16. The van der Waals surface area contributed by atoms with Crippen LogP contribution in [0.3, 0.4) is 0 Å². The third-order valence-corrected chi connectivity index (χ3v) is 3.64. The molecule has 66 valence electrons. The van der Waals surface area contributed by atoms with Gasteiger partial charge in [0.1, 0.15) is 5.75 Å². The Kier molecular flexibility index (Phi) is 1.75. The Bertz CT molecular complexity index is 299. The van der Waals surface area contributed by atoms with Crippen molar-refractivity contribution >= 4 is 10.5 Å². The average Bonchev–Trinajstić information content (AvgIpc) is 2.85. The van der Waals surface area contributed by atoms with E-state index < -0.39 is 10.5 Å². The van der Waals surface area contributed by atoms with Crippen LogP contribution < -0.4 is 9.62 Å². The monoisotopic (exact) mass is 185 g/mol. The van der Waals surface area contributed by atoms with Gasteiger partial charge in [-0.3, -0.25) is 0 Å². The molecule has 1 aromatic rings. The van der Waals surface area contributed by atoms with Crippen LogP contribution in [0.1, 0.15) is 0 Å². The van der Waals surface area contributed by atoms with Crippen molar-refractivity contribution in [2.24, 2.45) is 0 Å². The molecule has 0 saturated carbocycles. The fourth-order valence-electron chi connectivity index (χ4n) is 0.991. The number of benzene rings is 1. The highest BCUT2D eigenvalue weighted by Gasteiger charge is 2.35. The normalized spacial score (nSPS) is 32.2. The molecule has 1 saturated heterocycles. The average molecular weight is 185 g/mol. The van der Waals surface area contributed by atoms with E-state index >= 15 is 0 Å². The van der Waals surface area contributed by atoms with Gasteiger partial charge >= 0.3 is 0 Å². The van der Waals surface area contributed by atoms with Gasteiger partial charge in [0.05, 0.1) is 7.11 Å². The highest BCUT2D eigenvalue weighted by atomic mass is 32.3. The van der Waals surface area contributed by atoms with Crippen molar-refractivity contribution in [1.29, 1.82) is 0 Å². The Balaban J connectivity index is 2.32. The van der Waals surface area contributed by atoms with Crippen LogP contribution in [0.5, 0.6) is 5.75 Å². The van der Waals surface area contributed by atoms with E-state index in [2.05, 4.69) is 11.1 Å². The first kappa shape index (κ1) is 7.91. The molecule has 1 atom stereocenters. The molecule has 0 radical (unpaired) electrons. The number of nitrogens with one attached hydrogen (secondary N) is 1. The maximum Gasteiger partial charge on any atom is 0.120 e. The van der Waals surface area contributed by atoms with Gasteiger partial charge in [0.15, 0.2) is 0 Å². The van der Waals surface area contributed by atoms with Gasteiger partial charge < -0.3 is 4.74 Å². The smallest absolute Gasteiger partial charge is 0.120 e. The highest BCUT2D eigenvalue weighted by Crippen LogP contribution is 2.60. The summed E-state index contributed by atoms with van der Waals surface area (Å²) in [5, 5.41) is 0. The molecule has 0 spiro atoms. The summed E-state index contributed by atoms with van der Waals surface area (Å²) in [7, 11) is 0.549. The Morgan fingerprint density at radius 2 is 2.25 bits per heavy atom. The molecule has 0 bridgehead atoms. The summed E-state index contributed by atoms with van der Waals surface area (Å²) >= 11 is 0. The van der Waals surface area contributed by atoms with Crippen LogP contribution in [0.15, 0.2) is 29.2 Å². The molecule has 3 nitrogen and oxygen atoms in total. The van der Waals surface area contributed by atoms with Crippen LogP contribution in [-0.4, -0.2) is 13.4 Å². The molecule has 4 heteroatoms. The van der Waals surface area contributed by atoms with E-state index in [0.717, 1.165) is 5.75 Å². The van der Waals surface area contributed by atoms with Gasteiger partial charge in [-0.25, -0.2) is 4.28 Å². The lowest BCUT2D eigenvalue weighted by Gasteiger charge is -2.08. The van der Waals surface area contributed by atoms with Crippen LogP contribution in [-0.2, 0) is 4.28 Å². The number of hydrogen-bond acceptors (Lipinski definition) is 3. The van der Waals surface area contributed by atoms with Crippen LogP contribution in [0.4, 0.5) is 0 Å². The molecular weight excluding hydrogens is 174 g/mol. The molecule has 12 heavy (non-hydrogen) atoms. The number of ether oxygens (including phenoxy) is 1. The minimum absolute atomic E-state index is 0.874. The second-order valence-electron chi connectivity index (χ2n) is 2.69. The predicted octanol–water partition coefficient (Wildman–Crippen LogP) is 1.85. The summed E-state index contributed by atoms with van der Waals surface area (Å²) in [6.45, 7) is 0. The van der Waals surface area contributed by atoms with Crippen LogP contribution in [0.25, 0.3) is 0 Å². The molecular formula is C8H11NO2S. The van der Waals surface area contributed by atoms with Gasteiger partial charge in [-0.15, -0.1) is 4.89 Å². The van der Waals surface area contributed by atoms with Crippen molar-refractivity contribution in [2.75, 3.05) is 13.4 Å². The van der Waals surface area contributed by atoms with Crippen molar-refractivity contribution in [2.45, 2.75) is 4.90 Å². The van der Waals surface area contributed by atoms with Crippen molar-refractivity contribution in [3.8, 4) is 5.75 Å². The molecule has 1 fully saturated rings. The Morgan fingerprint density at radius 1 is 1.50 bits per heavy atom. The topological polar surface area (TPSA) is 43.7 Å². The first-order chi connectivity index (χ1) is 5.74. The van der Waals surface area contributed by atoms with Gasteiger partial charge in [-0.1, -0.05) is 6.07 Å².